The fourth-order valence-corrected chi connectivity index (χ4v) is 4.05. The first-order valence-corrected chi connectivity index (χ1v) is 10.8. The number of carbonyl (C=O) groups is 2. The van der Waals surface area contributed by atoms with Gasteiger partial charge in [0.05, 0.1) is 16.5 Å². The zero-order valence-electron chi connectivity index (χ0n) is 16.3. The van der Waals surface area contributed by atoms with E-state index >= 15 is 0 Å². The van der Waals surface area contributed by atoms with E-state index < -0.39 is 21.4 Å². The minimum absolute atomic E-state index is 0.224. The molecule has 0 radical (unpaired) electrons. The molecule has 0 spiro atoms. The van der Waals surface area contributed by atoms with Gasteiger partial charge in [-0.2, -0.15) is 0 Å². The molecule has 28 heavy (non-hydrogen) atoms. The molecule has 2 aromatic rings. The first kappa shape index (κ1) is 20.1. The molecule has 0 saturated carbocycles. The molecule has 0 saturated heterocycles. The van der Waals surface area contributed by atoms with Crippen LogP contribution in [0.25, 0.3) is 0 Å². The molecule has 0 aromatic heterocycles. The molecule has 2 aromatic carbocycles. The van der Waals surface area contributed by atoms with Gasteiger partial charge in [0.15, 0.2) is 15.4 Å². The van der Waals surface area contributed by atoms with E-state index in [1.165, 1.54) is 17.0 Å². The number of ether oxygens (including phenoxy) is 1. The maximum absolute atomic E-state index is 13.2. The van der Waals surface area contributed by atoms with Crippen molar-refractivity contribution in [2.45, 2.75) is 36.8 Å². The Labute approximate surface area is 165 Å². The average Bonchev–Trinajstić information content (AvgIpc) is 2.65. The number of fused-ring (bicyclic) bond motifs is 1. The molecule has 0 bridgehead atoms. The molecule has 2 atom stereocenters. The normalized spacial score (nSPS) is 20.1. The van der Waals surface area contributed by atoms with Crippen LogP contribution in [-0.2, 0) is 25.8 Å². The highest BCUT2D eigenvalue weighted by Gasteiger charge is 2.44. The first-order chi connectivity index (χ1) is 13.0. The zero-order valence-corrected chi connectivity index (χ0v) is 17.1. The summed E-state index contributed by atoms with van der Waals surface area (Å²) in [6.07, 6.45) is 1.45. The Bertz CT molecular complexity index is 1030. The van der Waals surface area contributed by atoms with Gasteiger partial charge >= 0.3 is 5.97 Å². The summed E-state index contributed by atoms with van der Waals surface area (Å²) in [7, 11) is -1.63. The Morgan fingerprint density at radius 3 is 2.36 bits per heavy atom. The van der Waals surface area contributed by atoms with Crippen molar-refractivity contribution in [3.63, 3.8) is 0 Å². The lowest BCUT2D eigenvalue weighted by Crippen LogP contribution is -2.52. The van der Waals surface area contributed by atoms with Gasteiger partial charge in [0.25, 0.3) is 5.91 Å². The minimum Gasteiger partial charge on any atom is -0.445 e. The predicted octanol–water partition coefficient (Wildman–Crippen LogP) is 2.78. The number of esters is 1. The summed E-state index contributed by atoms with van der Waals surface area (Å²) in [5, 5.41) is 0. The molecule has 2 unspecified atom stereocenters. The highest BCUT2D eigenvalue weighted by atomic mass is 32.2. The van der Waals surface area contributed by atoms with E-state index in [2.05, 4.69) is 0 Å². The van der Waals surface area contributed by atoms with Crippen LogP contribution in [0.4, 0.5) is 0 Å². The quantitative estimate of drug-likeness (QED) is 0.736. The monoisotopic (exact) mass is 401 g/mol. The summed E-state index contributed by atoms with van der Waals surface area (Å²) < 4.78 is 28.8. The SMILES string of the molecule is CC(c1ccc(S(C)(=O)=O)cc1)N(C)C(=O)C1(C)Cc2ccccc2C(=O)O1. The number of benzene rings is 2. The van der Waals surface area contributed by atoms with Crippen molar-refractivity contribution in [2.75, 3.05) is 13.3 Å². The van der Waals surface area contributed by atoms with Gasteiger partial charge < -0.3 is 9.64 Å². The van der Waals surface area contributed by atoms with Crippen molar-refractivity contribution in [2.24, 2.45) is 0 Å². The van der Waals surface area contributed by atoms with E-state index in [9.17, 15) is 18.0 Å². The number of cyclic esters (lactones) is 1. The van der Waals surface area contributed by atoms with E-state index in [-0.39, 0.29) is 16.8 Å². The van der Waals surface area contributed by atoms with Crippen molar-refractivity contribution in [3.8, 4) is 0 Å². The third-order valence-electron chi connectivity index (χ3n) is 5.23. The fourth-order valence-electron chi connectivity index (χ4n) is 3.42. The summed E-state index contributed by atoms with van der Waals surface area (Å²) in [5.41, 5.74) is 0.767. The maximum atomic E-state index is 13.2. The Morgan fingerprint density at radius 1 is 1.14 bits per heavy atom. The summed E-state index contributed by atoms with van der Waals surface area (Å²) in [4.78, 5) is 27.3. The van der Waals surface area contributed by atoms with Crippen LogP contribution in [-0.4, -0.2) is 44.1 Å². The third-order valence-corrected chi connectivity index (χ3v) is 6.36. The van der Waals surface area contributed by atoms with Gasteiger partial charge in [-0.05, 0) is 43.2 Å². The molecule has 7 heteroatoms. The van der Waals surface area contributed by atoms with Gasteiger partial charge in [-0.3, -0.25) is 4.79 Å². The number of hydrogen-bond donors (Lipinski definition) is 0. The molecule has 148 valence electrons. The largest absolute Gasteiger partial charge is 0.445 e. The number of sulfone groups is 1. The molecule has 3 rings (SSSR count). The van der Waals surface area contributed by atoms with Gasteiger partial charge in [0.1, 0.15) is 0 Å². The van der Waals surface area contributed by atoms with Crippen LogP contribution < -0.4 is 0 Å². The van der Waals surface area contributed by atoms with Crippen LogP contribution in [0.5, 0.6) is 0 Å². The van der Waals surface area contributed by atoms with Crippen LogP contribution in [0.2, 0.25) is 0 Å². The summed E-state index contributed by atoms with van der Waals surface area (Å²) in [6, 6.07) is 13.2. The van der Waals surface area contributed by atoms with E-state index in [0.717, 1.165) is 17.4 Å². The van der Waals surface area contributed by atoms with Crippen LogP contribution in [0.15, 0.2) is 53.4 Å². The highest BCUT2D eigenvalue weighted by molar-refractivity contribution is 7.90. The highest BCUT2D eigenvalue weighted by Crippen LogP contribution is 2.32. The lowest BCUT2D eigenvalue weighted by molar-refractivity contribution is -0.151. The van der Waals surface area contributed by atoms with Crippen molar-refractivity contribution in [1.29, 1.82) is 0 Å². The number of nitrogens with zero attached hydrogens (tertiary/aromatic N) is 1. The molecule has 1 aliphatic heterocycles. The Morgan fingerprint density at radius 2 is 1.75 bits per heavy atom. The summed E-state index contributed by atoms with van der Waals surface area (Å²) in [5.74, 6) is -0.814. The second kappa shape index (κ2) is 7.05. The number of carbonyl (C=O) groups excluding carboxylic acids is 2. The van der Waals surface area contributed by atoms with Crippen LogP contribution in [0.1, 0.15) is 41.4 Å². The third kappa shape index (κ3) is 3.67. The second-order valence-electron chi connectivity index (χ2n) is 7.39. The number of amides is 1. The zero-order chi connectivity index (χ0) is 20.7. The number of hydrogen-bond acceptors (Lipinski definition) is 5. The van der Waals surface area contributed by atoms with Gasteiger partial charge in [0, 0.05) is 19.7 Å². The number of likely N-dealkylation sites (N-methyl/N-ethyl adjacent to an activating group) is 1. The van der Waals surface area contributed by atoms with Crippen molar-refractivity contribution in [3.05, 3.63) is 65.2 Å². The first-order valence-electron chi connectivity index (χ1n) is 8.91. The Hall–Kier alpha value is -2.67. The smallest absolute Gasteiger partial charge is 0.339 e. The number of rotatable bonds is 4. The van der Waals surface area contributed by atoms with Crippen molar-refractivity contribution < 1.29 is 22.7 Å². The molecule has 0 fully saturated rings. The van der Waals surface area contributed by atoms with Gasteiger partial charge in [0.2, 0.25) is 0 Å². The second-order valence-corrected chi connectivity index (χ2v) is 9.40. The minimum atomic E-state index is -3.28. The Kier molecular flexibility index (Phi) is 5.06. The van der Waals surface area contributed by atoms with Gasteiger partial charge in [-0.1, -0.05) is 30.3 Å². The molecule has 1 amide bonds. The standard InChI is InChI=1S/C21H23NO5S/c1-14(15-9-11-17(12-10-15)28(4,25)26)22(3)20(24)21(2)13-16-7-5-6-8-18(16)19(23)27-21/h5-12,14H,13H2,1-4H3. The molecule has 1 aliphatic rings. The van der Waals surface area contributed by atoms with Gasteiger partial charge in [-0.15, -0.1) is 0 Å². The molecule has 1 heterocycles. The van der Waals surface area contributed by atoms with Crippen molar-refractivity contribution >= 4 is 21.7 Å². The molecule has 0 aliphatic carbocycles. The van der Waals surface area contributed by atoms with Crippen LogP contribution in [0.3, 0.4) is 0 Å². The van der Waals surface area contributed by atoms with Crippen LogP contribution in [0, 0.1) is 0 Å². The molecule has 6 nitrogen and oxygen atoms in total. The van der Waals surface area contributed by atoms with E-state index in [1.807, 2.05) is 19.1 Å². The van der Waals surface area contributed by atoms with Gasteiger partial charge in [-0.25, -0.2) is 13.2 Å². The summed E-state index contributed by atoms with van der Waals surface area (Å²) in [6.45, 7) is 3.47. The topological polar surface area (TPSA) is 80.8 Å². The average molecular weight is 401 g/mol. The molecule has 0 N–H and O–H groups in total. The maximum Gasteiger partial charge on any atom is 0.339 e. The van der Waals surface area contributed by atoms with Crippen LogP contribution >= 0.6 is 0 Å². The predicted molar refractivity (Wildman–Crippen MR) is 105 cm³/mol. The van der Waals surface area contributed by atoms with E-state index in [1.54, 1.807) is 38.2 Å². The Balaban J connectivity index is 1.83. The van der Waals surface area contributed by atoms with E-state index in [4.69, 9.17) is 4.74 Å². The summed E-state index contributed by atoms with van der Waals surface area (Å²) >= 11 is 0. The lowest BCUT2D eigenvalue weighted by Gasteiger charge is -2.38. The molecular weight excluding hydrogens is 378 g/mol. The lowest BCUT2D eigenvalue weighted by atomic mass is 9.88. The van der Waals surface area contributed by atoms with Crippen molar-refractivity contribution in [1.82, 2.24) is 4.90 Å². The van der Waals surface area contributed by atoms with E-state index in [0.29, 0.717) is 12.0 Å². The fraction of sp³-hybridized carbons (Fsp3) is 0.333. The molecular formula is C21H23NO5S.